The first-order valence-electron chi connectivity index (χ1n) is 11.1. The Balaban J connectivity index is 1.70. The average Bonchev–Trinajstić information content (AvgIpc) is 3.06. The monoisotopic (exact) mass is 442 g/mol. The molecule has 1 amide bonds. The third-order valence-corrected chi connectivity index (χ3v) is 11.5. The molecule has 2 aliphatic heterocycles. The molecule has 0 unspecified atom stereocenters. The molecule has 0 aliphatic carbocycles. The number of rotatable bonds is 7. The maximum absolute atomic E-state index is 13.3. The van der Waals surface area contributed by atoms with Gasteiger partial charge in [0.2, 0.25) is 5.91 Å². The first-order chi connectivity index (χ1) is 14.2. The number of nitrogens with zero attached hydrogens (tertiary/aromatic N) is 2. The number of hydrogen-bond acceptors (Lipinski definition) is 3. The van der Waals surface area contributed by atoms with Gasteiger partial charge >= 0.3 is 6.18 Å². The second kappa shape index (κ2) is 9.40. The SMILES string of the molecule is CC[Si](CC)(CC)O[C@@H]1C[C@H]2C(=O)N(Cc3cccc(C(F)(F)F)c3)CCCN2C1. The molecule has 30 heavy (non-hydrogen) atoms. The summed E-state index contributed by atoms with van der Waals surface area (Å²) in [6.07, 6.45) is -2.78. The van der Waals surface area contributed by atoms with Crippen LogP contribution in [0.5, 0.6) is 0 Å². The summed E-state index contributed by atoms with van der Waals surface area (Å²) in [7, 11) is -1.74. The van der Waals surface area contributed by atoms with Crippen molar-refractivity contribution < 1.29 is 22.4 Å². The van der Waals surface area contributed by atoms with Crippen LogP contribution in [0.1, 0.15) is 44.7 Å². The first-order valence-corrected chi connectivity index (χ1v) is 13.6. The van der Waals surface area contributed by atoms with Crippen molar-refractivity contribution in [3.8, 4) is 0 Å². The van der Waals surface area contributed by atoms with E-state index in [-0.39, 0.29) is 24.6 Å². The molecule has 2 fully saturated rings. The van der Waals surface area contributed by atoms with Crippen LogP contribution in [0.4, 0.5) is 13.2 Å². The smallest absolute Gasteiger partial charge is 0.413 e. The predicted molar refractivity (Wildman–Crippen MR) is 114 cm³/mol. The molecule has 2 aliphatic rings. The van der Waals surface area contributed by atoms with E-state index in [1.165, 1.54) is 6.07 Å². The number of amides is 1. The molecular weight excluding hydrogens is 409 g/mol. The van der Waals surface area contributed by atoms with Gasteiger partial charge in [0.25, 0.3) is 0 Å². The Hall–Kier alpha value is -1.38. The molecule has 4 nitrogen and oxygen atoms in total. The largest absolute Gasteiger partial charge is 0.416 e. The molecular formula is C22H33F3N2O2Si. The number of carbonyl (C=O) groups is 1. The summed E-state index contributed by atoms with van der Waals surface area (Å²) in [5.74, 6) is 0.0211. The molecule has 0 saturated carbocycles. The lowest BCUT2D eigenvalue weighted by atomic mass is 10.1. The second-order valence-electron chi connectivity index (χ2n) is 8.54. The maximum atomic E-state index is 13.3. The van der Waals surface area contributed by atoms with Gasteiger partial charge in [0.15, 0.2) is 8.32 Å². The number of halogens is 3. The number of carbonyl (C=O) groups excluding carboxylic acids is 1. The minimum atomic E-state index is -4.38. The van der Waals surface area contributed by atoms with Crippen molar-refractivity contribution in [2.45, 2.75) is 76.6 Å². The molecule has 3 rings (SSSR count). The van der Waals surface area contributed by atoms with E-state index in [2.05, 4.69) is 25.7 Å². The summed E-state index contributed by atoms with van der Waals surface area (Å²) >= 11 is 0. The molecule has 1 aromatic carbocycles. The van der Waals surface area contributed by atoms with E-state index in [4.69, 9.17) is 4.43 Å². The molecule has 0 spiro atoms. The van der Waals surface area contributed by atoms with E-state index in [1.54, 1.807) is 11.0 Å². The summed E-state index contributed by atoms with van der Waals surface area (Å²) < 4.78 is 45.7. The molecule has 2 saturated heterocycles. The summed E-state index contributed by atoms with van der Waals surface area (Å²) in [6, 6.07) is 8.32. The van der Waals surface area contributed by atoms with Crippen molar-refractivity contribution in [1.82, 2.24) is 9.80 Å². The molecule has 0 radical (unpaired) electrons. The van der Waals surface area contributed by atoms with Crippen molar-refractivity contribution in [1.29, 1.82) is 0 Å². The normalized spacial score (nSPS) is 23.5. The van der Waals surface area contributed by atoms with Crippen molar-refractivity contribution in [3.63, 3.8) is 0 Å². The number of fused-ring (bicyclic) bond motifs is 1. The zero-order valence-corrected chi connectivity index (χ0v) is 19.2. The van der Waals surface area contributed by atoms with Crippen LogP contribution in [0.2, 0.25) is 18.1 Å². The second-order valence-corrected chi connectivity index (χ2v) is 13.3. The quantitative estimate of drug-likeness (QED) is 0.563. The van der Waals surface area contributed by atoms with E-state index < -0.39 is 20.1 Å². The first kappa shape index (κ1) is 23.3. The van der Waals surface area contributed by atoms with Gasteiger partial charge < -0.3 is 9.33 Å². The van der Waals surface area contributed by atoms with Gasteiger partial charge in [0.05, 0.1) is 17.7 Å². The molecule has 2 atom stereocenters. The lowest BCUT2D eigenvalue weighted by molar-refractivity contribution is -0.137. The van der Waals surface area contributed by atoms with Crippen molar-refractivity contribution >= 4 is 14.2 Å². The maximum Gasteiger partial charge on any atom is 0.416 e. The molecule has 2 heterocycles. The van der Waals surface area contributed by atoms with E-state index in [9.17, 15) is 18.0 Å². The molecule has 168 valence electrons. The Morgan fingerprint density at radius 1 is 1.13 bits per heavy atom. The number of alkyl halides is 3. The standard InChI is InChI=1S/C22H33F3N2O2Si/c1-4-30(5-2,6-3)29-19-14-20-21(28)27(12-8-11-26(20)16-19)15-17-9-7-10-18(13-17)22(23,24)25/h7,9-10,13,19-20H,4-6,8,11-12,14-16H2,1-3H3/t19-,20+/m1/s1. The predicted octanol–water partition coefficient (Wildman–Crippen LogP) is 4.90. The minimum absolute atomic E-state index is 0.0211. The van der Waals surface area contributed by atoms with Crippen LogP contribution in [0.3, 0.4) is 0 Å². The Morgan fingerprint density at radius 3 is 2.47 bits per heavy atom. The minimum Gasteiger partial charge on any atom is -0.413 e. The Bertz CT molecular complexity index is 731. The van der Waals surface area contributed by atoms with Gasteiger partial charge in [-0.25, -0.2) is 0 Å². The van der Waals surface area contributed by atoms with Gasteiger partial charge in [0.1, 0.15) is 0 Å². The van der Waals surface area contributed by atoms with Gasteiger partial charge in [0, 0.05) is 26.2 Å². The van der Waals surface area contributed by atoms with Crippen LogP contribution >= 0.6 is 0 Å². The summed E-state index contributed by atoms with van der Waals surface area (Å²) in [5, 5.41) is 0. The van der Waals surface area contributed by atoms with Crippen LogP contribution in [0, 0.1) is 0 Å². The van der Waals surface area contributed by atoms with Gasteiger partial charge in [-0.05, 0) is 48.7 Å². The van der Waals surface area contributed by atoms with E-state index >= 15 is 0 Å². The summed E-state index contributed by atoms with van der Waals surface area (Å²) in [6.45, 7) is 9.01. The summed E-state index contributed by atoms with van der Waals surface area (Å²) in [4.78, 5) is 17.2. The lowest BCUT2D eigenvalue weighted by Crippen LogP contribution is -2.42. The third kappa shape index (κ3) is 5.08. The summed E-state index contributed by atoms with van der Waals surface area (Å²) in [5.41, 5.74) is -0.148. The van der Waals surface area contributed by atoms with E-state index in [1.807, 2.05) is 0 Å². The third-order valence-electron chi connectivity index (χ3n) is 6.81. The molecule has 0 aromatic heterocycles. The Labute approximate surface area is 178 Å². The van der Waals surface area contributed by atoms with Crippen LogP contribution in [0.15, 0.2) is 24.3 Å². The zero-order valence-electron chi connectivity index (χ0n) is 18.2. The molecule has 8 heteroatoms. The Kier molecular flexibility index (Phi) is 7.30. The highest BCUT2D eigenvalue weighted by Gasteiger charge is 2.43. The van der Waals surface area contributed by atoms with E-state index in [0.29, 0.717) is 18.5 Å². The Morgan fingerprint density at radius 2 is 1.83 bits per heavy atom. The van der Waals surface area contributed by atoms with Crippen LogP contribution in [0.25, 0.3) is 0 Å². The van der Waals surface area contributed by atoms with Crippen molar-refractivity contribution in [2.75, 3.05) is 19.6 Å². The highest BCUT2D eigenvalue weighted by Crippen LogP contribution is 2.32. The number of hydrogen-bond donors (Lipinski definition) is 0. The van der Waals surface area contributed by atoms with Gasteiger partial charge in [-0.15, -0.1) is 0 Å². The van der Waals surface area contributed by atoms with Crippen molar-refractivity contribution in [2.24, 2.45) is 0 Å². The van der Waals surface area contributed by atoms with Crippen LogP contribution < -0.4 is 0 Å². The topological polar surface area (TPSA) is 32.8 Å². The molecule has 1 aromatic rings. The molecule has 0 N–H and O–H groups in total. The molecule has 0 bridgehead atoms. The fraction of sp³-hybridized carbons (Fsp3) is 0.682. The highest BCUT2D eigenvalue weighted by molar-refractivity contribution is 6.73. The van der Waals surface area contributed by atoms with Crippen LogP contribution in [-0.2, 0) is 21.9 Å². The zero-order chi connectivity index (χ0) is 21.9. The van der Waals surface area contributed by atoms with Gasteiger partial charge in [-0.1, -0.05) is 32.9 Å². The highest BCUT2D eigenvalue weighted by atomic mass is 28.4. The fourth-order valence-electron chi connectivity index (χ4n) is 4.81. The number of benzene rings is 1. The van der Waals surface area contributed by atoms with Crippen molar-refractivity contribution in [3.05, 3.63) is 35.4 Å². The van der Waals surface area contributed by atoms with E-state index in [0.717, 1.165) is 49.8 Å². The fourth-order valence-corrected chi connectivity index (χ4v) is 7.69. The average molecular weight is 443 g/mol. The van der Waals surface area contributed by atoms with Crippen LogP contribution in [-0.4, -0.2) is 55.8 Å². The van der Waals surface area contributed by atoms with Gasteiger partial charge in [-0.3, -0.25) is 9.69 Å². The van der Waals surface area contributed by atoms with Gasteiger partial charge in [-0.2, -0.15) is 13.2 Å². The lowest BCUT2D eigenvalue weighted by Gasteiger charge is -2.31.